The molecule has 1 aliphatic rings. The van der Waals surface area contributed by atoms with Gasteiger partial charge in [0.15, 0.2) is 0 Å². The lowest BCUT2D eigenvalue weighted by molar-refractivity contribution is -0.284. The van der Waals surface area contributed by atoms with E-state index in [1.54, 1.807) is 0 Å². The zero-order valence-corrected chi connectivity index (χ0v) is 11.9. The molecule has 3 nitrogen and oxygen atoms in total. The number of rotatable bonds is 2. The molecule has 0 unspecified atom stereocenters. The van der Waals surface area contributed by atoms with Gasteiger partial charge in [0, 0.05) is 16.0 Å². The molecule has 1 fully saturated rings. The van der Waals surface area contributed by atoms with Crippen molar-refractivity contribution >= 4 is 27.5 Å². The summed E-state index contributed by atoms with van der Waals surface area (Å²) in [4.78, 5) is 0. The maximum absolute atomic E-state index is 6.22. The highest BCUT2D eigenvalue weighted by Gasteiger charge is 2.38. The Hall–Kier alpha value is -0.130. The minimum absolute atomic E-state index is 0.251. The van der Waals surface area contributed by atoms with E-state index in [9.17, 15) is 0 Å². The highest BCUT2D eigenvalue weighted by atomic mass is 79.9. The standard InChI is InChI=1S/C12H15BrClNO2/c1-8-5-16-12(7-15,17-6-8)10-3-2-9(13)4-11(10)14/h2-4,8H,5-7,15H2,1H3. The quantitative estimate of drug-likeness (QED) is 0.911. The van der Waals surface area contributed by atoms with Crippen LogP contribution in [0.2, 0.25) is 5.02 Å². The average molecular weight is 321 g/mol. The molecule has 1 heterocycles. The smallest absolute Gasteiger partial charge is 0.209 e. The van der Waals surface area contributed by atoms with Gasteiger partial charge in [-0.1, -0.05) is 40.5 Å². The molecule has 5 heteroatoms. The van der Waals surface area contributed by atoms with E-state index in [4.69, 9.17) is 26.8 Å². The van der Waals surface area contributed by atoms with E-state index in [1.165, 1.54) is 0 Å². The fourth-order valence-corrected chi connectivity index (χ4v) is 2.64. The summed E-state index contributed by atoms with van der Waals surface area (Å²) in [5.41, 5.74) is 6.59. The van der Waals surface area contributed by atoms with Crippen molar-refractivity contribution in [1.29, 1.82) is 0 Å². The zero-order chi connectivity index (χ0) is 12.5. The summed E-state index contributed by atoms with van der Waals surface area (Å²) in [6, 6.07) is 5.61. The lowest BCUT2D eigenvalue weighted by Crippen LogP contribution is -2.46. The maximum Gasteiger partial charge on any atom is 0.209 e. The van der Waals surface area contributed by atoms with Crippen molar-refractivity contribution in [1.82, 2.24) is 0 Å². The van der Waals surface area contributed by atoms with Crippen LogP contribution >= 0.6 is 27.5 Å². The second-order valence-corrected chi connectivity index (χ2v) is 5.63. The highest BCUT2D eigenvalue weighted by molar-refractivity contribution is 9.10. The summed E-state index contributed by atoms with van der Waals surface area (Å²) in [6.07, 6.45) is 0. The summed E-state index contributed by atoms with van der Waals surface area (Å²) in [6.45, 7) is 3.58. The van der Waals surface area contributed by atoms with Gasteiger partial charge in [-0.3, -0.25) is 0 Å². The first-order valence-corrected chi connectivity index (χ1v) is 6.68. The van der Waals surface area contributed by atoms with Crippen LogP contribution in [0.5, 0.6) is 0 Å². The van der Waals surface area contributed by atoms with Gasteiger partial charge in [0.05, 0.1) is 24.8 Å². The fourth-order valence-electron chi connectivity index (χ4n) is 1.83. The second-order valence-electron chi connectivity index (χ2n) is 4.31. The number of hydrogen-bond acceptors (Lipinski definition) is 3. The predicted octanol–water partition coefficient (Wildman–Crippen LogP) is 2.90. The third kappa shape index (κ3) is 2.66. The summed E-state index contributed by atoms with van der Waals surface area (Å²) < 4.78 is 12.5. The molecule has 0 saturated carbocycles. The predicted molar refractivity (Wildman–Crippen MR) is 71.0 cm³/mol. The molecule has 94 valence electrons. The second kappa shape index (κ2) is 5.24. The molecule has 0 amide bonds. The van der Waals surface area contributed by atoms with Crippen LogP contribution in [0.4, 0.5) is 0 Å². The van der Waals surface area contributed by atoms with Crippen LogP contribution in [0.25, 0.3) is 0 Å². The van der Waals surface area contributed by atoms with Gasteiger partial charge < -0.3 is 15.2 Å². The van der Waals surface area contributed by atoms with E-state index >= 15 is 0 Å². The lowest BCUT2D eigenvalue weighted by Gasteiger charge is -2.39. The largest absolute Gasteiger partial charge is 0.344 e. The molecule has 0 aromatic heterocycles. The van der Waals surface area contributed by atoms with Crippen molar-refractivity contribution in [2.75, 3.05) is 19.8 Å². The molecule has 0 radical (unpaired) electrons. The van der Waals surface area contributed by atoms with E-state index in [0.29, 0.717) is 24.2 Å². The highest BCUT2D eigenvalue weighted by Crippen LogP contribution is 2.36. The van der Waals surface area contributed by atoms with Gasteiger partial charge in [0.1, 0.15) is 0 Å². The van der Waals surface area contributed by atoms with Gasteiger partial charge in [-0.15, -0.1) is 0 Å². The Morgan fingerprint density at radius 2 is 2.12 bits per heavy atom. The van der Waals surface area contributed by atoms with Crippen LogP contribution in [-0.2, 0) is 15.3 Å². The topological polar surface area (TPSA) is 44.5 Å². The number of benzene rings is 1. The summed E-state index contributed by atoms with van der Waals surface area (Å²) in [7, 11) is 0. The molecular formula is C12H15BrClNO2. The minimum atomic E-state index is -0.899. The van der Waals surface area contributed by atoms with Gasteiger partial charge in [-0.05, 0) is 12.1 Å². The van der Waals surface area contributed by atoms with Gasteiger partial charge in [0.25, 0.3) is 0 Å². The molecule has 1 saturated heterocycles. The van der Waals surface area contributed by atoms with Crippen LogP contribution in [0.1, 0.15) is 12.5 Å². The van der Waals surface area contributed by atoms with Crippen molar-refractivity contribution in [2.24, 2.45) is 11.7 Å². The van der Waals surface area contributed by atoms with E-state index in [0.717, 1.165) is 10.0 Å². The number of hydrogen-bond donors (Lipinski definition) is 1. The van der Waals surface area contributed by atoms with Crippen molar-refractivity contribution in [3.05, 3.63) is 33.3 Å². The number of halogens is 2. The van der Waals surface area contributed by atoms with Gasteiger partial charge >= 0.3 is 0 Å². The Kier molecular flexibility index (Phi) is 4.10. The van der Waals surface area contributed by atoms with Crippen molar-refractivity contribution in [3.8, 4) is 0 Å². The molecule has 1 aliphatic heterocycles. The molecule has 0 aliphatic carbocycles. The van der Waals surface area contributed by atoms with E-state index in [1.807, 2.05) is 18.2 Å². The fraction of sp³-hybridized carbons (Fsp3) is 0.500. The molecular weight excluding hydrogens is 305 g/mol. The molecule has 1 aromatic rings. The van der Waals surface area contributed by atoms with Crippen molar-refractivity contribution in [3.63, 3.8) is 0 Å². The molecule has 2 N–H and O–H groups in total. The summed E-state index contributed by atoms with van der Waals surface area (Å²) >= 11 is 9.59. The van der Waals surface area contributed by atoms with Crippen LogP contribution in [0.3, 0.4) is 0 Å². The maximum atomic E-state index is 6.22. The third-order valence-electron chi connectivity index (χ3n) is 2.81. The average Bonchev–Trinajstić information content (AvgIpc) is 2.31. The Morgan fingerprint density at radius 1 is 1.47 bits per heavy atom. The molecule has 1 aromatic carbocycles. The third-order valence-corrected chi connectivity index (χ3v) is 3.62. The number of ether oxygens (including phenoxy) is 2. The van der Waals surface area contributed by atoms with Crippen LogP contribution in [-0.4, -0.2) is 19.8 Å². The van der Waals surface area contributed by atoms with Crippen LogP contribution in [0, 0.1) is 5.92 Å². The monoisotopic (exact) mass is 319 g/mol. The van der Waals surface area contributed by atoms with Crippen LogP contribution in [0.15, 0.2) is 22.7 Å². The number of nitrogens with two attached hydrogens (primary N) is 1. The van der Waals surface area contributed by atoms with E-state index in [-0.39, 0.29) is 6.54 Å². The Balaban J connectivity index is 2.34. The Labute approximate surface area is 114 Å². The Morgan fingerprint density at radius 3 is 2.65 bits per heavy atom. The molecule has 0 bridgehead atoms. The Bertz CT molecular complexity index is 405. The normalized spacial score (nSPS) is 29.3. The van der Waals surface area contributed by atoms with Gasteiger partial charge in [-0.2, -0.15) is 0 Å². The van der Waals surface area contributed by atoms with E-state index < -0.39 is 5.79 Å². The van der Waals surface area contributed by atoms with Gasteiger partial charge in [-0.25, -0.2) is 0 Å². The lowest BCUT2D eigenvalue weighted by atomic mass is 10.0. The van der Waals surface area contributed by atoms with Crippen molar-refractivity contribution < 1.29 is 9.47 Å². The first kappa shape index (κ1) is 13.3. The molecule has 0 atom stereocenters. The van der Waals surface area contributed by atoms with Crippen molar-refractivity contribution in [2.45, 2.75) is 12.7 Å². The van der Waals surface area contributed by atoms with Crippen LogP contribution < -0.4 is 5.73 Å². The molecule has 0 spiro atoms. The minimum Gasteiger partial charge on any atom is -0.344 e. The summed E-state index contributed by atoms with van der Waals surface area (Å²) in [5.74, 6) is -0.520. The SMILES string of the molecule is CC1COC(CN)(c2ccc(Br)cc2Cl)OC1. The first-order chi connectivity index (χ1) is 8.07. The van der Waals surface area contributed by atoms with E-state index in [2.05, 4.69) is 22.9 Å². The molecule has 2 rings (SSSR count). The summed E-state index contributed by atoms with van der Waals surface area (Å²) in [5, 5.41) is 0.597. The zero-order valence-electron chi connectivity index (χ0n) is 9.58. The first-order valence-electron chi connectivity index (χ1n) is 5.51. The molecule has 17 heavy (non-hydrogen) atoms. The van der Waals surface area contributed by atoms with Gasteiger partial charge in [0.2, 0.25) is 5.79 Å².